The molecule has 1 N–H and O–H groups in total. The second-order valence-electron chi connectivity index (χ2n) is 6.51. The summed E-state index contributed by atoms with van der Waals surface area (Å²) in [6, 6.07) is 1.78. The van der Waals surface area contributed by atoms with Crippen molar-refractivity contribution in [3.63, 3.8) is 0 Å². The molecule has 2 atom stereocenters. The minimum absolute atomic E-state index is 0.252. The molecule has 2 saturated heterocycles. The number of nitrogens with zero attached hydrogens (tertiary/aromatic N) is 2. The minimum Gasteiger partial charge on any atom is -0.480 e. The lowest BCUT2D eigenvalue weighted by Crippen LogP contribution is -2.51. The molecule has 3 aliphatic rings. The van der Waals surface area contributed by atoms with E-state index in [1.165, 1.54) is 64.5 Å². The van der Waals surface area contributed by atoms with Gasteiger partial charge in [0.2, 0.25) is 0 Å². The van der Waals surface area contributed by atoms with E-state index in [0.717, 1.165) is 6.04 Å². The monoisotopic (exact) mass is 266 g/mol. The van der Waals surface area contributed by atoms with Gasteiger partial charge in [-0.1, -0.05) is 12.8 Å². The summed E-state index contributed by atoms with van der Waals surface area (Å²) in [7, 11) is 0. The molecule has 4 heteroatoms. The third-order valence-corrected chi connectivity index (χ3v) is 5.37. The molecule has 0 amide bonds. The van der Waals surface area contributed by atoms with Crippen molar-refractivity contribution >= 4 is 5.97 Å². The molecule has 108 valence electrons. The predicted molar refractivity (Wildman–Crippen MR) is 74.2 cm³/mol. The highest BCUT2D eigenvalue weighted by molar-refractivity contribution is 5.69. The Labute approximate surface area is 115 Å². The van der Waals surface area contributed by atoms with E-state index < -0.39 is 5.97 Å². The van der Waals surface area contributed by atoms with E-state index in [1.807, 2.05) is 0 Å². The first-order valence-corrected chi connectivity index (χ1v) is 7.95. The van der Waals surface area contributed by atoms with Crippen molar-refractivity contribution in [3.8, 4) is 0 Å². The Balaban J connectivity index is 1.66. The summed E-state index contributed by atoms with van der Waals surface area (Å²) >= 11 is 0. The molecule has 4 nitrogen and oxygen atoms in total. The molecule has 2 aliphatic heterocycles. The van der Waals surface area contributed by atoms with Crippen molar-refractivity contribution in [2.75, 3.05) is 19.6 Å². The van der Waals surface area contributed by atoms with Gasteiger partial charge in [0.1, 0.15) is 0 Å². The maximum Gasteiger partial charge on any atom is 0.317 e. The Bertz CT molecular complexity index is 328. The minimum atomic E-state index is -0.652. The zero-order valence-corrected chi connectivity index (χ0v) is 11.8. The van der Waals surface area contributed by atoms with Crippen LogP contribution in [0.1, 0.15) is 51.4 Å². The highest BCUT2D eigenvalue weighted by Crippen LogP contribution is 2.33. The molecule has 0 radical (unpaired) electrons. The van der Waals surface area contributed by atoms with Crippen molar-refractivity contribution < 1.29 is 9.90 Å². The van der Waals surface area contributed by atoms with Crippen LogP contribution < -0.4 is 0 Å². The lowest BCUT2D eigenvalue weighted by atomic mass is 9.94. The van der Waals surface area contributed by atoms with Gasteiger partial charge < -0.3 is 10.0 Å². The average molecular weight is 266 g/mol. The van der Waals surface area contributed by atoms with Gasteiger partial charge in [0.25, 0.3) is 0 Å². The van der Waals surface area contributed by atoms with E-state index in [9.17, 15) is 9.90 Å². The molecule has 0 aromatic heterocycles. The van der Waals surface area contributed by atoms with Crippen LogP contribution >= 0.6 is 0 Å². The van der Waals surface area contributed by atoms with Gasteiger partial charge in [-0.05, 0) is 51.6 Å². The largest absolute Gasteiger partial charge is 0.480 e. The van der Waals surface area contributed by atoms with Gasteiger partial charge in [-0.25, -0.2) is 0 Å². The molecule has 1 aliphatic carbocycles. The Hall–Kier alpha value is -0.610. The summed E-state index contributed by atoms with van der Waals surface area (Å²) in [5.41, 5.74) is 0. The number of carboxylic acids is 1. The first-order valence-electron chi connectivity index (χ1n) is 7.95. The van der Waals surface area contributed by atoms with Gasteiger partial charge in [0, 0.05) is 18.1 Å². The molecule has 0 aromatic carbocycles. The van der Waals surface area contributed by atoms with E-state index in [1.54, 1.807) is 0 Å². The summed E-state index contributed by atoms with van der Waals surface area (Å²) in [6.07, 6.45) is 9.99. The molecule has 2 unspecified atom stereocenters. The fraction of sp³-hybridized carbons (Fsp3) is 0.933. The van der Waals surface area contributed by atoms with Crippen LogP contribution in [0.2, 0.25) is 0 Å². The van der Waals surface area contributed by atoms with Crippen molar-refractivity contribution in [3.05, 3.63) is 0 Å². The number of carbonyl (C=O) groups is 1. The van der Waals surface area contributed by atoms with Gasteiger partial charge in [-0.15, -0.1) is 0 Å². The van der Waals surface area contributed by atoms with Crippen molar-refractivity contribution in [2.24, 2.45) is 0 Å². The molecule has 19 heavy (non-hydrogen) atoms. The average Bonchev–Trinajstić information content (AvgIpc) is 3.06. The molecule has 2 heterocycles. The maximum absolute atomic E-state index is 11.2. The van der Waals surface area contributed by atoms with Gasteiger partial charge in [-0.2, -0.15) is 0 Å². The van der Waals surface area contributed by atoms with Crippen molar-refractivity contribution in [2.45, 2.75) is 69.5 Å². The molecule has 0 aromatic rings. The molecule has 1 saturated carbocycles. The second kappa shape index (κ2) is 5.80. The zero-order valence-electron chi connectivity index (χ0n) is 11.8. The fourth-order valence-electron chi connectivity index (χ4n) is 4.45. The van der Waals surface area contributed by atoms with E-state index in [-0.39, 0.29) is 6.54 Å². The van der Waals surface area contributed by atoms with Crippen LogP contribution in [0.3, 0.4) is 0 Å². The summed E-state index contributed by atoms with van der Waals surface area (Å²) in [5, 5.41) is 9.21. The number of aliphatic carboxylic acids is 1. The quantitative estimate of drug-likeness (QED) is 0.844. The molecular formula is C15H26N2O2. The van der Waals surface area contributed by atoms with Crippen LogP contribution in [-0.4, -0.2) is 58.6 Å². The summed E-state index contributed by atoms with van der Waals surface area (Å²) in [6.45, 7) is 2.69. The van der Waals surface area contributed by atoms with Gasteiger partial charge in [0.15, 0.2) is 0 Å². The lowest BCUT2D eigenvalue weighted by molar-refractivity contribution is -0.140. The zero-order chi connectivity index (χ0) is 13.2. The SMILES string of the molecule is O=C(O)CN(C1CCCC1)C1CCN2CCCC2C1. The number of piperidine rings is 1. The first-order chi connectivity index (χ1) is 9.24. The maximum atomic E-state index is 11.2. The summed E-state index contributed by atoms with van der Waals surface area (Å²) in [4.78, 5) is 16.1. The Morgan fingerprint density at radius 2 is 1.84 bits per heavy atom. The van der Waals surface area contributed by atoms with Crippen LogP contribution in [0.5, 0.6) is 0 Å². The third-order valence-electron chi connectivity index (χ3n) is 5.37. The van der Waals surface area contributed by atoms with Crippen LogP contribution in [0, 0.1) is 0 Å². The summed E-state index contributed by atoms with van der Waals surface area (Å²) in [5.74, 6) is -0.652. The van der Waals surface area contributed by atoms with Crippen LogP contribution in [0.25, 0.3) is 0 Å². The lowest BCUT2D eigenvalue weighted by Gasteiger charge is -2.42. The van der Waals surface area contributed by atoms with E-state index in [0.29, 0.717) is 12.1 Å². The first kappa shape index (κ1) is 13.4. The fourth-order valence-corrected chi connectivity index (χ4v) is 4.45. The van der Waals surface area contributed by atoms with E-state index in [2.05, 4.69) is 9.80 Å². The molecule has 0 bridgehead atoms. The van der Waals surface area contributed by atoms with Gasteiger partial charge in [0.05, 0.1) is 6.54 Å². The standard InChI is InChI=1S/C15H26N2O2/c18-15(19)11-17(12-4-1-2-5-12)14-7-9-16-8-3-6-13(16)10-14/h12-14H,1-11H2,(H,18,19). The molecule has 0 spiro atoms. The van der Waals surface area contributed by atoms with Crippen molar-refractivity contribution in [1.29, 1.82) is 0 Å². The third kappa shape index (κ3) is 2.95. The number of hydrogen-bond donors (Lipinski definition) is 1. The van der Waals surface area contributed by atoms with E-state index in [4.69, 9.17) is 0 Å². The van der Waals surface area contributed by atoms with Crippen molar-refractivity contribution in [1.82, 2.24) is 9.80 Å². The van der Waals surface area contributed by atoms with Crippen LogP contribution in [-0.2, 0) is 4.79 Å². The van der Waals surface area contributed by atoms with Gasteiger partial charge in [-0.3, -0.25) is 9.69 Å². The Morgan fingerprint density at radius 1 is 1.05 bits per heavy atom. The van der Waals surface area contributed by atoms with E-state index >= 15 is 0 Å². The Morgan fingerprint density at radius 3 is 2.58 bits per heavy atom. The number of fused-ring (bicyclic) bond motifs is 1. The number of rotatable bonds is 4. The molecular weight excluding hydrogens is 240 g/mol. The normalized spacial score (nSPS) is 32.9. The number of hydrogen-bond acceptors (Lipinski definition) is 3. The smallest absolute Gasteiger partial charge is 0.317 e. The van der Waals surface area contributed by atoms with Crippen LogP contribution in [0.4, 0.5) is 0 Å². The molecule has 3 rings (SSSR count). The number of carboxylic acid groups (broad SMARTS) is 1. The molecule has 3 fully saturated rings. The second-order valence-corrected chi connectivity index (χ2v) is 6.51. The summed E-state index contributed by atoms with van der Waals surface area (Å²) < 4.78 is 0. The highest BCUT2D eigenvalue weighted by Gasteiger charge is 2.37. The van der Waals surface area contributed by atoms with Gasteiger partial charge >= 0.3 is 5.97 Å². The topological polar surface area (TPSA) is 43.8 Å². The Kier molecular flexibility index (Phi) is 4.08. The highest BCUT2D eigenvalue weighted by atomic mass is 16.4. The van der Waals surface area contributed by atoms with Crippen LogP contribution in [0.15, 0.2) is 0 Å². The predicted octanol–water partition coefficient (Wildman–Crippen LogP) is 1.94.